The number of nitrogens with one attached hydrogen (secondary N) is 2. The van der Waals surface area contributed by atoms with Crippen molar-refractivity contribution in [3.63, 3.8) is 0 Å². The number of aromatic nitrogens is 1. The number of likely N-dealkylation sites (tertiary alicyclic amines) is 1. The lowest BCUT2D eigenvalue weighted by Crippen LogP contribution is -2.42. The van der Waals surface area contributed by atoms with Gasteiger partial charge in [0.2, 0.25) is 0 Å². The molecule has 0 aliphatic carbocycles. The standard InChI is InChI=1S/C21H33N5O2.HI/c1-5-17-16(19(6-2)28-25-17)13-23-21(22-4)24-14-18(26-11-7-8-12-26)20-10-9-15(3)27-20;/h9-10,18H,5-8,11-14H2,1-4H3,(H2,22,23,24);1H. The minimum Gasteiger partial charge on any atom is -0.465 e. The fourth-order valence-corrected chi connectivity index (χ4v) is 3.82. The lowest BCUT2D eigenvalue weighted by Gasteiger charge is -2.26. The van der Waals surface area contributed by atoms with Crippen molar-refractivity contribution in [2.75, 3.05) is 26.7 Å². The smallest absolute Gasteiger partial charge is 0.191 e. The summed E-state index contributed by atoms with van der Waals surface area (Å²) in [6, 6.07) is 4.34. The average molecular weight is 515 g/mol. The summed E-state index contributed by atoms with van der Waals surface area (Å²) >= 11 is 0. The van der Waals surface area contributed by atoms with Crippen molar-refractivity contribution in [2.45, 2.75) is 59.0 Å². The van der Waals surface area contributed by atoms with Gasteiger partial charge in [0.05, 0.1) is 11.7 Å². The van der Waals surface area contributed by atoms with Crippen molar-refractivity contribution in [3.05, 3.63) is 40.7 Å². The molecule has 3 rings (SSSR count). The number of halogens is 1. The molecule has 0 amide bonds. The third kappa shape index (κ3) is 5.97. The summed E-state index contributed by atoms with van der Waals surface area (Å²) in [7, 11) is 1.80. The molecule has 1 aliphatic heterocycles. The molecule has 0 aromatic carbocycles. The van der Waals surface area contributed by atoms with Crippen LogP contribution in [0.2, 0.25) is 0 Å². The van der Waals surface area contributed by atoms with E-state index in [4.69, 9.17) is 8.94 Å². The number of nitrogens with zero attached hydrogens (tertiary/aromatic N) is 3. The van der Waals surface area contributed by atoms with E-state index in [1.54, 1.807) is 7.05 Å². The molecule has 1 saturated heterocycles. The van der Waals surface area contributed by atoms with Crippen molar-refractivity contribution in [3.8, 4) is 0 Å². The maximum Gasteiger partial charge on any atom is 0.191 e. The highest BCUT2D eigenvalue weighted by molar-refractivity contribution is 14.0. The molecule has 2 aromatic rings. The minimum absolute atomic E-state index is 0. The van der Waals surface area contributed by atoms with Crippen LogP contribution in [0.25, 0.3) is 0 Å². The highest BCUT2D eigenvalue weighted by Gasteiger charge is 2.26. The topological polar surface area (TPSA) is 78.8 Å². The van der Waals surface area contributed by atoms with Gasteiger partial charge in [-0.2, -0.15) is 0 Å². The Morgan fingerprint density at radius 2 is 1.97 bits per heavy atom. The van der Waals surface area contributed by atoms with Gasteiger partial charge in [0.25, 0.3) is 0 Å². The van der Waals surface area contributed by atoms with Gasteiger partial charge in [0.15, 0.2) is 5.96 Å². The number of guanidine groups is 1. The maximum atomic E-state index is 5.94. The largest absolute Gasteiger partial charge is 0.465 e. The molecule has 0 saturated carbocycles. The van der Waals surface area contributed by atoms with Crippen LogP contribution in [0, 0.1) is 6.92 Å². The van der Waals surface area contributed by atoms with Crippen LogP contribution >= 0.6 is 24.0 Å². The van der Waals surface area contributed by atoms with E-state index in [-0.39, 0.29) is 30.0 Å². The van der Waals surface area contributed by atoms with Gasteiger partial charge >= 0.3 is 0 Å². The molecule has 0 radical (unpaired) electrons. The highest BCUT2D eigenvalue weighted by atomic mass is 127. The first kappa shape index (κ1) is 23.7. The first-order chi connectivity index (χ1) is 13.7. The number of furan rings is 1. The van der Waals surface area contributed by atoms with Gasteiger partial charge in [-0.15, -0.1) is 24.0 Å². The zero-order chi connectivity index (χ0) is 19.9. The molecule has 2 N–H and O–H groups in total. The second kappa shape index (κ2) is 11.6. The van der Waals surface area contributed by atoms with Crippen LogP contribution in [0.4, 0.5) is 0 Å². The fourth-order valence-electron chi connectivity index (χ4n) is 3.82. The summed E-state index contributed by atoms with van der Waals surface area (Å²) in [6.07, 6.45) is 4.19. The molecule has 0 spiro atoms. The molecule has 1 atom stereocenters. The van der Waals surface area contributed by atoms with E-state index in [0.29, 0.717) is 6.54 Å². The number of hydrogen-bond donors (Lipinski definition) is 2. The van der Waals surface area contributed by atoms with Gasteiger partial charge in [-0.3, -0.25) is 9.89 Å². The molecule has 0 bridgehead atoms. The second-order valence-corrected chi connectivity index (χ2v) is 7.25. The molecule has 3 heterocycles. The molecule has 8 heteroatoms. The molecule has 2 aromatic heterocycles. The molecule has 29 heavy (non-hydrogen) atoms. The summed E-state index contributed by atoms with van der Waals surface area (Å²) in [5.41, 5.74) is 2.16. The lowest BCUT2D eigenvalue weighted by molar-refractivity contribution is 0.213. The predicted octanol–water partition coefficient (Wildman–Crippen LogP) is 3.82. The van der Waals surface area contributed by atoms with Crippen molar-refractivity contribution in [1.29, 1.82) is 0 Å². The van der Waals surface area contributed by atoms with Crippen LogP contribution in [-0.4, -0.2) is 42.7 Å². The fraction of sp³-hybridized carbons (Fsp3) is 0.619. The Morgan fingerprint density at radius 3 is 2.55 bits per heavy atom. The van der Waals surface area contributed by atoms with Gasteiger partial charge in [-0.05, 0) is 51.4 Å². The minimum atomic E-state index is 0. The third-order valence-electron chi connectivity index (χ3n) is 5.40. The number of aryl methyl sites for hydroxylation is 3. The van der Waals surface area contributed by atoms with Gasteiger partial charge < -0.3 is 19.6 Å². The predicted molar refractivity (Wildman–Crippen MR) is 126 cm³/mol. The van der Waals surface area contributed by atoms with Crippen LogP contribution in [-0.2, 0) is 19.4 Å². The number of rotatable bonds is 8. The van der Waals surface area contributed by atoms with E-state index in [0.717, 1.165) is 67.0 Å². The lowest BCUT2D eigenvalue weighted by atomic mass is 10.1. The van der Waals surface area contributed by atoms with Crippen LogP contribution in [0.5, 0.6) is 0 Å². The number of hydrogen-bond acceptors (Lipinski definition) is 5. The SMILES string of the molecule is CCc1noc(CC)c1CNC(=NC)NCC(c1ccc(C)o1)N1CCCC1.I. The van der Waals surface area contributed by atoms with Crippen LogP contribution < -0.4 is 10.6 Å². The first-order valence-electron chi connectivity index (χ1n) is 10.4. The Hall–Kier alpha value is -1.55. The second-order valence-electron chi connectivity index (χ2n) is 7.25. The van der Waals surface area contributed by atoms with E-state index in [1.807, 2.05) is 13.0 Å². The highest BCUT2D eigenvalue weighted by Crippen LogP contribution is 2.26. The van der Waals surface area contributed by atoms with Gasteiger partial charge in [0.1, 0.15) is 17.3 Å². The summed E-state index contributed by atoms with van der Waals surface area (Å²) in [4.78, 5) is 6.88. The molecule has 7 nitrogen and oxygen atoms in total. The van der Waals surface area contributed by atoms with Crippen molar-refractivity contribution in [2.24, 2.45) is 4.99 Å². The maximum absolute atomic E-state index is 5.94. The van der Waals surface area contributed by atoms with Crippen LogP contribution in [0.15, 0.2) is 26.1 Å². The van der Waals surface area contributed by atoms with Crippen LogP contribution in [0.3, 0.4) is 0 Å². The van der Waals surface area contributed by atoms with E-state index in [2.05, 4.69) is 45.6 Å². The van der Waals surface area contributed by atoms with E-state index in [9.17, 15) is 0 Å². The zero-order valence-corrected chi connectivity index (χ0v) is 20.3. The summed E-state index contributed by atoms with van der Waals surface area (Å²) < 4.78 is 11.4. The van der Waals surface area contributed by atoms with Crippen molar-refractivity contribution >= 4 is 29.9 Å². The Kier molecular flexibility index (Phi) is 9.48. The monoisotopic (exact) mass is 515 g/mol. The van der Waals surface area contributed by atoms with Gasteiger partial charge in [0, 0.05) is 32.1 Å². The van der Waals surface area contributed by atoms with Gasteiger partial charge in [-0.25, -0.2) is 0 Å². The van der Waals surface area contributed by atoms with E-state index >= 15 is 0 Å². The van der Waals surface area contributed by atoms with E-state index in [1.165, 1.54) is 12.8 Å². The third-order valence-corrected chi connectivity index (χ3v) is 5.40. The summed E-state index contributed by atoms with van der Waals surface area (Å²) in [5, 5.41) is 11.1. The number of aliphatic imine (C=N–C) groups is 1. The molecular formula is C21H34IN5O2. The van der Waals surface area contributed by atoms with Crippen LogP contribution in [0.1, 0.15) is 61.3 Å². The van der Waals surface area contributed by atoms with Crippen molar-refractivity contribution < 1.29 is 8.94 Å². The zero-order valence-electron chi connectivity index (χ0n) is 18.0. The summed E-state index contributed by atoms with van der Waals surface area (Å²) in [5.74, 6) is 3.69. The molecular weight excluding hydrogens is 481 g/mol. The molecule has 1 unspecified atom stereocenters. The normalized spacial score (nSPS) is 15.9. The Labute approximate surface area is 190 Å². The molecule has 162 valence electrons. The summed E-state index contributed by atoms with van der Waals surface area (Å²) in [6.45, 7) is 9.80. The Bertz CT molecular complexity index is 758. The molecule has 1 aliphatic rings. The van der Waals surface area contributed by atoms with Crippen molar-refractivity contribution in [1.82, 2.24) is 20.7 Å². The van der Waals surface area contributed by atoms with Gasteiger partial charge in [-0.1, -0.05) is 19.0 Å². The Morgan fingerprint density at radius 1 is 1.21 bits per heavy atom. The first-order valence-corrected chi connectivity index (χ1v) is 10.4. The average Bonchev–Trinajstić information content (AvgIpc) is 3.45. The molecule has 1 fully saturated rings. The Balaban J connectivity index is 0.00000300. The van der Waals surface area contributed by atoms with E-state index < -0.39 is 0 Å². The quantitative estimate of drug-likeness (QED) is 0.316.